The highest BCUT2D eigenvalue weighted by molar-refractivity contribution is 5.41. The fourth-order valence-corrected chi connectivity index (χ4v) is 6.01. The number of anilines is 1. The second-order valence-electron chi connectivity index (χ2n) is 9.60. The first-order chi connectivity index (χ1) is 14.7. The Balaban J connectivity index is 1.21. The van der Waals surface area contributed by atoms with Gasteiger partial charge in [0.05, 0.1) is 30.1 Å². The summed E-state index contributed by atoms with van der Waals surface area (Å²) in [6.07, 6.45) is 13.0. The summed E-state index contributed by atoms with van der Waals surface area (Å²) in [5.41, 5.74) is 9.64. The zero-order valence-electron chi connectivity index (χ0n) is 17.6. The number of rotatable bonds is 3. The largest absolute Gasteiger partial charge is 0.373 e. The van der Waals surface area contributed by atoms with E-state index in [0.717, 1.165) is 37.6 Å². The van der Waals surface area contributed by atoms with Gasteiger partial charge in [0.25, 0.3) is 0 Å². The summed E-state index contributed by atoms with van der Waals surface area (Å²) in [4.78, 5) is 11.7. The van der Waals surface area contributed by atoms with Crippen molar-refractivity contribution in [2.45, 2.75) is 62.1 Å². The van der Waals surface area contributed by atoms with Crippen LogP contribution in [0.1, 0.15) is 61.7 Å². The molecule has 3 aliphatic heterocycles. The summed E-state index contributed by atoms with van der Waals surface area (Å²) >= 11 is 0. The molecule has 4 aliphatic rings. The van der Waals surface area contributed by atoms with Crippen molar-refractivity contribution in [1.82, 2.24) is 30.6 Å². The summed E-state index contributed by atoms with van der Waals surface area (Å²) in [5, 5.41) is 4.39. The number of nitrogens with zero attached hydrogens (tertiary/aromatic N) is 5. The van der Waals surface area contributed by atoms with Gasteiger partial charge < -0.3 is 9.64 Å². The molecule has 3 saturated heterocycles. The van der Waals surface area contributed by atoms with Crippen LogP contribution in [0.3, 0.4) is 0 Å². The van der Waals surface area contributed by atoms with Crippen molar-refractivity contribution in [1.29, 1.82) is 0 Å². The van der Waals surface area contributed by atoms with Crippen LogP contribution in [0.15, 0.2) is 24.8 Å². The Hall–Kier alpha value is -2.03. The van der Waals surface area contributed by atoms with E-state index in [1.807, 2.05) is 17.9 Å². The van der Waals surface area contributed by atoms with E-state index in [9.17, 15) is 0 Å². The predicted octanol–water partition coefficient (Wildman–Crippen LogP) is 2.07. The van der Waals surface area contributed by atoms with Gasteiger partial charge in [0.2, 0.25) is 0 Å². The van der Waals surface area contributed by atoms with Crippen LogP contribution in [0.2, 0.25) is 0 Å². The second kappa shape index (κ2) is 7.28. The minimum Gasteiger partial charge on any atom is -0.373 e. The van der Waals surface area contributed by atoms with Crippen LogP contribution in [0.5, 0.6) is 0 Å². The lowest BCUT2D eigenvalue weighted by molar-refractivity contribution is -0.151. The lowest BCUT2D eigenvalue weighted by Crippen LogP contribution is -2.56. The van der Waals surface area contributed by atoms with Gasteiger partial charge in [-0.1, -0.05) is 0 Å². The molecule has 5 atom stereocenters. The molecule has 2 aromatic rings. The zero-order valence-corrected chi connectivity index (χ0v) is 17.6. The topological polar surface area (TPSA) is 80.1 Å². The lowest BCUT2D eigenvalue weighted by atomic mass is 9.73. The molecule has 5 heterocycles. The van der Waals surface area contributed by atoms with Gasteiger partial charge in [-0.05, 0) is 49.5 Å². The quantitative estimate of drug-likeness (QED) is 0.803. The molecular weight excluding hydrogens is 378 g/mol. The van der Waals surface area contributed by atoms with Crippen molar-refractivity contribution in [3.8, 4) is 0 Å². The lowest BCUT2D eigenvalue weighted by Gasteiger charge is -2.48. The van der Waals surface area contributed by atoms with Crippen molar-refractivity contribution in [2.75, 3.05) is 24.6 Å². The van der Waals surface area contributed by atoms with E-state index in [2.05, 4.69) is 38.1 Å². The Morgan fingerprint density at radius 2 is 2.13 bits per heavy atom. The first kappa shape index (κ1) is 18.7. The molecule has 0 bridgehead atoms. The Morgan fingerprint density at radius 3 is 2.93 bits per heavy atom. The third kappa shape index (κ3) is 3.21. The van der Waals surface area contributed by atoms with Crippen LogP contribution in [-0.4, -0.2) is 51.1 Å². The van der Waals surface area contributed by atoms with Crippen molar-refractivity contribution < 1.29 is 4.74 Å². The predicted molar refractivity (Wildman–Crippen MR) is 113 cm³/mol. The first-order valence-corrected chi connectivity index (χ1v) is 11.4. The Bertz CT molecular complexity index is 910. The van der Waals surface area contributed by atoms with E-state index in [0.29, 0.717) is 17.9 Å². The fourth-order valence-electron chi connectivity index (χ4n) is 6.01. The number of fused-ring (bicyclic) bond motifs is 1. The number of aromatic nitrogens is 4. The normalized spacial score (nSPS) is 36.0. The van der Waals surface area contributed by atoms with E-state index >= 15 is 0 Å². The van der Waals surface area contributed by atoms with Crippen molar-refractivity contribution in [3.05, 3.63) is 36.0 Å². The van der Waals surface area contributed by atoms with E-state index in [-0.39, 0.29) is 11.6 Å². The van der Waals surface area contributed by atoms with Crippen LogP contribution < -0.4 is 15.8 Å². The smallest absolute Gasteiger partial charge is 0.132 e. The van der Waals surface area contributed by atoms with Gasteiger partial charge in [-0.2, -0.15) is 5.10 Å². The summed E-state index contributed by atoms with van der Waals surface area (Å²) in [7, 11) is 2.00. The molecule has 1 saturated carbocycles. The van der Waals surface area contributed by atoms with Gasteiger partial charge in [0.15, 0.2) is 0 Å². The van der Waals surface area contributed by atoms with E-state index < -0.39 is 0 Å². The van der Waals surface area contributed by atoms with E-state index in [4.69, 9.17) is 9.72 Å². The molecule has 4 fully saturated rings. The summed E-state index contributed by atoms with van der Waals surface area (Å²) in [6, 6.07) is 2.92. The minimum atomic E-state index is 0.0714. The van der Waals surface area contributed by atoms with Gasteiger partial charge in [0, 0.05) is 44.9 Å². The average molecular weight is 410 g/mol. The maximum Gasteiger partial charge on any atom is 0.132 e. The number of piperidine rings is 1. The standard InChI is InChI=1S/C22H31N7O/c1-28-12-16(11-25-28)15-3-4-18-17(9-15)21(27-26-18)19-10-20(24-14-23-19)29-7-2-5-22(13-29)6-8-30-22/h10-12,14-15,17-18,21,26-27H,2-9,13H2,1H3. The zero-order chi connectivity index (χ0) is 20.1. The minimum absolute atomic E-state index is 0.0714. The number of hydrogen-bond donors (Lipinski definition) is 2. The highest BCUT2D eigenvalue weighted by atomic mass is 16.5. The maximum absolute atomic E-state index is 5.95. The number of nitrogens with one attached hydrogen (secondary N) is 2. The van der Waals surface area contributed by atoms with Crippen LogP contribution in [0.4, 0.5) is 5.82 Å². The third-order valence-electron chi connectivity index (χ3n) is 7.77. The summed E-state index contributed by atoms with van der Waals surface area (Å²) in [6.45, 7) is 2.91. The number of ether oxygens (including phenoxy) is 1. The number of hydrogen-bond acceptors (Lipinski definition) is 7. The SMILES string of the molecule is Cn1cc(C2CCC3NNC(c4cc(N5CCCC6(CCO6)C5)ncn4)C3C2)cn1. The fraction of sp³-hybridized carbons (Fsp3) is 0.682. The Kier molecular flexibility index (Phi) is 4.54. The van der Waals surface area contributed by atoms with Gasteiger partial charge in [0.1, 0.15) is 12.1 Å². The van der Waals surface area contributed by atoms with Crippen LogP contribution >= 0.6 is 0 Å². The molecule has 8 nitrogen and oxygen atoms in total. The number of hydrazine groups is 1. The molecule has 0 amide bonds. The highest BCUT2D eigenvalue weighted by Gasteiger charge is 2.44. The highest BCUT2D eigenvalue weighted by Crippen LogP contribution is 2.44. The molecule has 1 spiro atoms. The monoisotopic (exact) mass is 409 g/mol. The van der Waals surface area contributed by atoms with Crippen LogP contribution in [0, 0.1) is 5.92 Å². The van der Waals surface area contributed by atoms with Crippen molar-refractivity contribution >= 4 is 5.82 Å². The molecule has 2 N–H and O–H groups in total. The molecular formula is C22H31N7O. The molecule has 0 aromatic carbocycles. The molecule has 2 aromatic heterocycles. The van der Waals surface area contributed by atoms with E-state index in [1.54, 1.807) is 6.33 Å². The molecule has 6 rings (SSSR count). The average Bonchev–Trinajstić information content (AvgIpc) is 3.38. The summed E-state index contributed by atoms with van der Waals surface area (Å²) < 4.78 is 7.87. The van der Waals surface area contributed by atoms with Crippen LogP contribution in [0.25, 0.3) is 0 Å². The van der Waals surface area contributed by atoms with Crippen molar-refractivity contribution in [3.63, 3.8) is 0 Å². The molecule has 30 heavy (non-hydrogen) atoms. The van der Waals surface area contributed by atoms with Gasteiger partial charge in [-0.3, -0.25) is 10.1 Å². The number of aryl methyl sites for hydroxylation is 1. The molecule has 1 aliphatic carbocycles. The van der Waals surface area contributed by atoms with Crippen molar-refractivity contribution in [2.24, 2.45) is 13.0 Å². The second-order valence-corrected chi connectivity index (χ2v) is 9.60. The van der Waals surface area contributed by atoms with Crippen LogP contribution in [-0.2, 0) is 11.8 Å². The molecule has 8 heteroatoms. The van der Waals surface area contributed by atoms with E-state index in [1.165, 1.54) is 37.7 Å². The Labute approximate surface area is 177 Å². The van der Waals surface area contributed by atoms with Gasteiger partial charge >= 0.3 is 0 Å². The third-order valence-corrected chi connectivity index (χ3v) is 7.77. The van der Waals surface area contributed by atoms with Gasteiger partial charge in [-0.25, -0.2) is 15.4 Å². The molecule has 0 radical (unpaired) electrons. The van der Waals surface area contributed by atoms with Gasteiger partial charge in [-0.15, -0.1) is 0 Å². The Morgan fingerprint density at radius 1 is 1.20 bits per heavy atom. The molecule has 5 unspecified atom stereocenters. The maximum atomic E-state index is 5.95. The first-order valence-electron chi connectivity index (χ1n) is 11.4. The summed E-state index contributed by atoms with van der Waals surface area (Å²) in [5.74, 6) is 2.14. The molecule has 160 valence electrons.